The summed E-state index contributed by atoms with van der Waals surface area (Å²) >= 11 is 11.4. The van der Waals surface area contributed by atoms with Crippen LogP contribution >= 0.6 is 23.2 Å². The third-order valence-corrected chi connectivity index (χ3v) is 3.03. The van der Waals surface area contributed by atoms with Gasteiger partial charge in [0.2, 0.25) is 0 Å². The Morgan fingerprint density at radius 3 is 2.35 bits per heavy atom. The zero-order valence-corrected chi connectivity index (χ0v) is 10.3. The lowest BCUT2D eigenvalue weighted by Crippen LogP contribution is -1.95. The monoisotopic (exact) mass is 270 g/mol. The van der Waals surface area contributed by atoms with Gasteiger partial charge in [0.15, 0.2) is 0 Å². The minimum Gasteiger partial charge on any atom is -0.506 e. The first-order valence-corrected chi connectivity index (χ1v) is 5.74. The van der Waals surface area contributed by atoms with Crippen LogP contribution in [0.2, 0.25) is 10.0 Å². The number of phenolic OH excluding ortho intramolecular Hbond substituents is 1. The minimum absolute atomic E-state index is 0.0577. The van der Waals surface area contributed by atoms with E-state index in [2.05, 4.69) is 0 Å². The molecule has 0 atom stereocenters. The molecular formula is C13H9Cl2FO. The van der Waals surface area contributed by atoms with Crippen LogP contribution < -0.4 is 0 Å². The first-order valence-electron chi connectivity index (χ1n) is 4.99. The maximum Gasteiger partial charge on any atom is 0.149 e. The highest BCUT2D eigenvalue weighted by Gasteiger charge is 2.16. The van der Waals surface area contributed by atoms with Gasteiger partial charge < -0.3 is 5.11 Å². The van der Waals surface area contributed by atoms with Crippen LogP contribution in [0.3, 0.4) is 0 Å². The fourth-order valence-electron chi connectivity index (χ4n) is 1.60. The molecule has 0 aromatic heterocycles. The van der Waals surface area contributed by atoms with E-state index in [1.54, 1.807) is 0 Å². The smallest absolute Gasteiger partial charge is 0.149 e. The standard InChI is InChI=1S/C13H9Cl2FO/c14-10-7-11(15)13(17)9(12(10)16)6-8-4-2-1-3-5-8/h1-5,7,17H,6H2. The summed E-state index contributed by atoms with van der Waals surface area (Å²) < 4.78 is 13.8. The first-order chi connectivity index (χ1) is 8.09. The van der Waals surface area contributed by atoms with Crippen molar-refractivity contribution >= 4 is 23.2 Å². The van der Waals surface area contributed by atoms with Crippen molar-refractivity contribution in [2.24, 2.45) is 0 Å². The predicted octanol–water partition coefficient (Wildman–Crippen LogP) is 4.43. The van der Waals surface area contributed by atoms with Gasteiger partial charge in [-0.05, 0) is 11.6 Å². The summed E-state index contributed by atoms with van der Waals surface area (Å²) in [6, 6.07) is 10.4. The average molecular weight is 271 g/mol. The maximum absolute atomic E-state index is 13.8. The lowest BCUT2D eigenvalue weighted by atomic mass is 10.0. The summed E-state index contributed by atoms with van der Waals surface area (Å²) in [4.78, 5) is 0. The third-order valence-electron chi connectivity index (χ3n) is 2.46. The van der Waals surface area contributed by atoms with E-state index in [9.17, 15) is 9.50 Å². The highest BCUT2D eigenvalue weighted by atomic mass is 35.5. The van der Waals surface area contributed by atoms with Gasteiger partial charge in [-0.2, -0.15) is 0 Å². The fourth-order valence-corrected chi connectivity index (χ4v) is 2.10. The molecule has 0 aliphatic carbocycles. The Balaban J connectivity index is 2.46. The SMILES string of the molecule is Oc1c(Cl)cc(Cl)c(F)c1Cc1ccccc1. The maximum atomic E-state index is 13.8. The molecule has 0 heterocycles. The zero-order valence-electron chi connectivity index (χ0n) is 8.75. The lowest BCUT2D eigenvalue weighted by molar-refractivity contribution is 0.461. The van der Waals surface area contributed by atoms with Gasteiger partial charge in [0.1, 0.15) is 11.6 Å². The van der Waals surface area contributed by atoms with E-state index >= 15 is 0 Å². The molecule has 0 aliphatic heterocycles. The number of benzene rings is 2. The van der Waals surface area contributed by atoms with E-state index in [0.717, 1.165) is 5.56 Å². The van der Waals surface area contributed by atoms with Gasteiger partial charge in [-0.15, -0.1) is 0 Å². The molecule has 1 nitrogen and oxygen atoms in total. The summed E-state index contributed by atoms with van der Waals surface area (Å²) in [5.74, 6) is -0.880. The van der Waals surface area contributed by atoms with Gasteiger partial charge in [0, 0.05) is 12.0 Å². The van der Waals surface area contributed by atoms with E-state index in [1.807, 2.05) is 30.3 Å². The van der Waals surface area contributed by atoms with Crippen LogP contribution in [0.1, 0.15) is 11.1 Å². The van der Waals surface area contributed by atoms with Crippen LogP contribution in [-0.4, -0.2) is 5.11 Å². The van der Waals surface area contributed by atoms with Crippen LogP contribution in [0.4, 0.5) is 4.39 Å². The van der Waals surface area contributed by atoms with E-state index < -0.39 is 5.82 Å². The van der Waals surface area contributed by atoms with Gasteiger partial charge >= 0.3 is 0 Å². The summed E-state index contributed by atoms with van der Waals surface area (Å²) in [6.45, 7) is 0. The van der Waals surface area contributed by atoms with E-state index in [4.69, 9.17) is 23.2 Å². The molecule has 2 aromatic rings. The molecule has 0 spiro atoms. The number of hydrogen-bond donors (Lipinski definition) is 1. The first kappa shape index (κ1) is 12.2. The number of phenols is 1. The molecule has 0 unspecified atom stereocenters. The average Bonchev–Trinajstić information content (AvgIpc) is 2.33. The Labute approximate surface area is 108 Å². The molecule has 0 fully saturated rings. The Hall–Kier alpha value is -1.25. The fraction of sp³-hybridized carbons (Fsp3) is 0.0769. The Bertz CT molecular complexity index is 515. The van der Waals surface area contributed by atoms with Gasteiger partial charge in [0.25, 0.3) is 0 Å². The third kappa shape index (κ3) is 2.54. The van der Waals surface area contributed by atoms with E-state index in [1.165, 1.54) is 6.07 Å². The summed E-state index contributed by atoms with van der Waals surface area (Å²) in [5.41, 5.74) is 0.994. The number of halogens is 3. The minimum atomic E-state index is -0.627. The van der Waals surface area contributed by atoms with E-state index in [-0.39, 0.29) is 27.8 Å². The molecule has 17 heavy (non-hydrogen) atoms. The van der Waals surface area contributed by atoms with Gasteiger partial charge in [-0.1, -0.05) is 53.5 Å². The van der Waals surface area contributed by atoms with Crippen LogP contribution in [0.25, 0.3) is 0 Å². The molecule has 0 saturated carbocycles. The number of rotatable bonds is 2. The number of hydrogen-bond acceptors (Lipinski definition) is 1. The van der Waals surface area contributed by atoms with Gasteiger partial charge in [-0.3, -0.25) is 0 Å². The second-order valence-corrected chi connectivity index (χ2v) is 4.46. The highest BCUT2D eigenvalue weighted by molar-refractivity contribution is 6.35. The van der Waals surface area contributed by atoms with Crippen molar-refractivity contribution in [3.05, 3.63) is 63.4 Å². The van der Waals surface area contributed by atoms with Crippen molar-refractivity contribution < 1.29 is 9.50 Å². The summed E-state index contributed by atoms with van der Waals surface area (Å²) in [7, 11) is 0. The van der Waals surface area contributed by atoms with Crippen LogP contribution in [0.5, 0.6) is 5.75 Å². The van der Waals surface area contributed by atoms with Crippen molar-refractivity contribution in [1.29, 1.82) is 0 Å². The molecule has 0 saturated heterocycles. The number of aromatic hydroxyl groups is 1. The van der Waals surface area contributed by atoms with Crippen molar-refractivity contribution in [1.82, 2.24) is 0 Å². The topological polar surface area (TPSA) is 20.2 Å². The molecule has 0 aliphatic rings. The molecule has 0 amide bonds. The summed E-state index contributed by atoms with van der Waals surface area (Å²) in [5, 5.41) is 9.71. The molecule has 2 rings (SSSR count). The molecular weight excluding hydrogens is 262 g/mol. The molecule has 0 bridgehead atoms. The molecule has 2 aromatic carbocycles. The van der Waals surface area contributed by atoms with Gasteiger partial charge in [-0.25, -0.2) is 4.39 Å². The molecule has 0 radical (unpaired) electrons. The van der Waals surface area contributed by atoms with Crippen molar-refractivity contribution in [2.75, 3.05) is 0 Å². The van der Waals surface area contributed by atoms with Crippen molar-refractivity contribution in [2.45, 2.75) is 6.42 Å². The van der Waals surface area contributed by atoms with Crippen molar-refractivity contribution in [3.8, 4) is 5.75 Å². The zero-order chi connectivity index (χ0) is 12.4. The largest absolute Gasteiger partial charge is 0.506 e. The van der Waals surface area contributed by atoms with Crippen LogP contribution in [-0.2, 0) is 6.42 Å². The Morgan fingerprint density at radius 1 is 1.06 bits per heavy atom. The highest BCUT2D eigenvalue weighted by Crippen LogP contribution is 2.35. The molecule has 88 valence electrons. The van der Waals surface area contributed by atoms with Gasteiger partial charge in [0.05, 0.1) is 10.0 Å². The molecule has 4 heteroatoms. The second kappa shape index (κ2) is 4.94. The lowest BCUT2D eigenvalue weighted by Gasteiger charge is -2.09. The Kier molecular flexibility index (Phi) is 3.55. The molecule has 1 N–H and O–H groups in total. The normalized spacial score (nSPS) is 10.5. The Morgan fingerprint density at radius 2 is 1.71 bits per heavy atom. The van der Waals surface area contributed by atoms with E-state index in [0.29, 0.717) is 0 Å². The quantitative estimate of drug-likeness (QED) is 0.801. The van der Waals surface area contributed by atoms with Crippen molar-refractivity contribution in [3.63, 3.8) is 0 Å². The second-order valence-electron chi connectivity index (χ2n) is 3.64. The van der Waals surface area contributed by atoms with Crippen LogP contribution in [0.15, 0.2) is 36.4 Å². The predicted molar refractivity (Wildman–Crippen MR) is 67.3 cm³/mol. The van der Waals surface area contributed by atoms with Crippen LogP contribution in [0, 0.1) is 5.82 Å². The summed E-state index contributed by atoms with van der Waals surface area (Å²) in [6.07, 6.45) is 0.249.